The molecular weight excluding hydrogens is 442 g/mol. The van der Waals surface area contributed by atoms with E-state index in [0.717, 1.165) is 17.3 Å². The van der Waals surface area contributed by atoms with Gasteiger partial charge in [0.15, 0.2) is 0 Å². The number of rotatable bonds is 6. The summed E-state index contributed by atoms with van der Waals surface area (Å²) in [6, 6.07) is 22.2. The maximum Gasteiger partial charge on any atom is 0.298 e. The highest BCUT2D eigenvalue weighted by Gasteiger charge is 2.25. The molecule has 4 rings (SSSR count). The Bertz CT molecular complexity index is 1470. The second-order valence-electron chi connectivity index (χ2n) is 7.33. The lowest BCUT2D eigenvalue weighted by molar-refractivity contribution is -0.112. The number of nitrogens with one attached hydrogen (secondary N) is 2. The summed E-state index contributed by atoms with van der Waals surface area (Å²) < 4.78 is 25.9. The van der Waals surface area contributed by atoms with Gasteiger partial charge in [0.25, 0.3) is 17.6 Å². The first-order valence-electron chi connectivity index (χ1n) is 9.86. The second-order valence-corrected chi connectivity index (χ2v) is 9.08. The summed E-state index contributed by atoms with van der Waals surface area (Å²) in [6.07, 6.45) is 2.59. The first-order chi connectivity index (χ1) is 15.7. The number of pyridine rings is 1. The van der Waals surface area contributed by atoms with Gasteiger partial charge >= 0.3 is 0 Å². The number of nitrogens with zero attached hydrogens (tertiary/aromatic N) is 1. The van der Waals surface area contributed by atoms with E-state index in [1.807, 2.05) is 53.3 Å². The smallest absolute Gasteiger partial charge is 0.298 e. The van der Waals surface area contributed by atoms with Crippen molar-refractivity contribution < 1.29 is 22.8 Å². The Balaban J connectivity index is 1.60. The molecule has 0 unspecified atom stereocenters. The van der Waals surface area contributed by atoms with Crippen molar-refractivity contribution in [1.82, 2.24) is 9.12 Å². The number of hydrogen-bond acceptors (Lipinski definition) is 5. The lowest BCUT2D eigenvalue weighted by Gasteiger charge is -2.08. The molecule has 0 radical (unpaired) electrons. The highest BCUT2D eigenvalue weighted by atomic mass is 32.2. The van der Waals surface area contributed by atoms with Crippen molar-refractivity contribution >= 4 is 38.8 Å². The van der Waals surface area contributed by atoms with Crippen LogP contribution in [0.3, 0.4) is 0 Å². The number of sulfonamides is 1. The molecule has 0 atom stereocenters. The maximum atomic E-state index is 13.2. The number of carbonyl (C=O) groups excluding carboxylic acids is 3. The summed E-state index contributed by atoms with van der Waals surface area (Å²) in [5.41, 5.74) is 2.82. The van der Waals surface area contributed by atoms with E-state index in [1.54, 1.807) is 16.7 Å². The molecule has 0 bridgehead atoms. The van der Waals surface area contributed by atoms with Crippen molar-refractivity contribution in [2.24, 2.45) is 0 Å². The van der Waals surface area contributed by atoms with Gasteiger partial charge in [-0.2, -0.15) is 0 Å². The largest absolute Gasteiger partial charge is 0.319 e. The Labute approximate surface area is 189 Å². The van der Waals surface area contributed by atoms with Crippen LogP contribution in [0.15, 0.2) is 85.1 Å². The minimum atomic E-state index is -3.70. The van der Waals surface area contributed by atoms with E-state index in [1.165, 1.54) is 24.3 Å². The number of hydrogen-bond donors (Lipinski definition) is 2. The van der Waals surface area contributed by atoms with Gasteiger partial charge in [-0.15, -0.1) is 0 Å². The molecule has 2 aromatic carbocycles. The van der Waals surface area contributed by atoms with Gasteiger partial charge in [-0.05, 0) is 48.0 Å². The van der Waals surface area contributed by atoms with Crippen LogP contribution in [0.5, 0.6) is 0 Å². The molecule has 0 saturated heterocycles. The van der Waals surface area contributed by atoms with Crippen molar-refractivity contribution in [3.8, 4) is 11.1 Å². The van der Waals surface area contributed by atoms with Gasteiger partial charge in [-0.1, -0.05) is 36.4 Å². The van der Waals surface area contributed by atoms with Gasteiger partial charge < -0.3 is 9.72 Å². The van der Waals surface area contributed by atoms with Gasteiger partial charge in [0.2, 0.25) is 10.0 Å². The average molecular weight is 461 g/mol. The number of Topliss-reactive ketones (excluding diaryl/α,β-unsaturated/α-hetero) is 1. The summed E-state index contributed by atoms with van der Waals surface area (Å²) >= 11 is 0. The van der Waals surface area contributed by atoms with Crippen molar-refractivity contribution in [3.63, 3.8) is 0 Å². The third-order valence-electron chi connectivity index (χ3n) is 4.87. The van der Waals surface area contributed by atoms with Crippen molar-refractivity contribution in [2.75, 3.05) is 11.6 Å². The molecule has 0 fully saturated rings. The fourth-order valence-electron chi connectivity index (χ4n) is 3.42. The number of carbonyl (C=O) groups is 3. The van der Waals surface area contributed by atoms with Crippen LogP contribution in [0.25, 0.3) is 16.6 Å². The van der Waals surface area contributed by atoms with Crippen molar-refractivity contribution in [2.45, 2.75) is 0 Å². The van der Waals surface area contributed by atoms with E-state index in [9.17, 15) is 22.8 Å². The van der Waals surface area contributed by atoms with Crippen LogP contribution >= 0.6 is 0 Å². The van der Waals surface area contributed by atoms with Crippen LogP contribution < -0.4 is 10.0 Å². The molecule has 2 N–H and O–H groups in total. The lowest BCUT2D eigenvalue weighted by atomic mass is 10.0. The van der Waals surface area contributed by atoms with Crippen LogP contribution in [-0.2, 0) is 14.8 Å². The first-order valence-corrected chi connectivity index (χ1v) is 11.8. The first kappa shape index (κ1) is 22.0. The van der Waals surface area contributed by atoms with E-state index >= 15 is 0 Å². The van der Waals surface area contributed by atoms with Crippen LogP contribution in [0.4, 0.5) is 5.69 Å². The SMILES string of the molecule is CS(=O)(=O)NC(=O)c1ccc(NC(=O)C(=O)c2c(-c3ccccc3)cc3ccccn23)cc1. The molecule has 2 aromatic heterocycles. The summed E-state index contributed by atoms with van der Waals surface area (Å²) in [7, 11) is -3.70. The van der Waals surface area contributed by atoms with E-state index in [0.29, 0.717) is 5.56 Å². The molecule has 0 saturated carbocycles. The zero-order chi connectivity index (χ0) is 23.6. The Hall–Kier alpha value is -4.24. The summed E-state index contributed by atoms with van der Waals surface area (Å²) in [5.74, 6) is -2.36. The number of benzene rings is 2. The van der Waals surface area contributed by atoms with Crippen LogP contribution in [-0.4, -0.2) is 36.7 Å². The topological polar surface area (TPSA) is 114 Å². The van der Waals surface area contributed by atoms with E-state index in [4.69, 9.17) is 0 Å². The number of fused-ring (bicyclic) bond motifs is 1. The molecular formula is C24H19N3O5S. The minimum absolute atomic E-state index is 0.0914. The number of ketones is 1. The third kappa shape index (κ3) is 4.83. The fourth-order valence-corrected chi connectivity index (χ4v) is 3.88. The average Bonchev–Trinajstić information content (AvgIpc) is 3.18. The van der Waals surface area contributed by atoms with E-state index in [-0.39, 0.29) is 16.9 Å². The van der Waals surface area contributed by atoms with Gasteiger partial charge in [-0.25, -0.2) is 13.1 Å². The number of anilines is 1. The van der Waals surface area contributed by atoms with Gasteiger partial charge in [0.1, 0.15) is 5.69 Å². The highest BCUT2D eigenvalue weighted by Crippen LogP contribution is 2.28. The Morgan fingerprint density at radius 3 is 2.18 bits per heavy atom. The Kier molecular flexibility index (Phi) is 5.80. The number of amides is 2. The molecule has 33 heavy (non-hydrogen) atoms. The second kappa shape index (κ2) is 8.71. The monoisotopic (exact) mass is 461 g/mol. The Morgan fingerprint density at radius 2 is 1.52 bits per heavy atom. The van der Waals surface area contributed by atoms with Crippen LogP contribution in [0.2, 0.25) is 0 Å². The molecule has 0 aliphatic rings. The highest BCUT2D eigenvalue weighted by molar-refractivity contribution is 7.89. The van der Waals surface area contributed by atoms with E-state index < -0.39 is 27.6 Å². The zero-order valence-corrected chi connectivity index (χ0v) is 18.3. The van der Waals surface area contributed by atoms with E-state index in [2.05, 4.69) is 5.32 Å². The van der Waals surface area contributed by atoms with Gasteiger partial charge in [-0.3, -0.25) is 14.4 Å². The molecule has 9 heteroatoms. The van der Waals surface area contributed by atoms with Crippen molar-refractivity contribution in [1.29, 1.82) is 0 Å². The molecule has 4 aromatic rings. The molecule has 166 valence electrons. The molecule has 0 aliphatic heterocycles. The van der Waals surface area contributed by atoms with Crippen LogP contribution in [0.1, 0.15) is 20.8 Å². The van der Waals surface area contributed by atoms with Crippen LogP contribution in [0, 0.1) is 0 Å². The minimum Gasteiger partial charge on any atom is -0.319 e. The maximum absolute atomic E-state index is 13.2. The number of aromatic nitrogens is 1. The molecule has 8 nitrogen and oxygen atoms in total. The summed E-state index contributed by atoms with van der Waals surface area (Å²) in [5, 5.41) is 2.54. The summed E-state index contributed by atoms with van der Waals surface area (Å²) in [6.45, 7) is 0. The lowest BCUT2D eigenvalue weighted by Crippen LogP contribution is -2.29. The quantitative estimate of drug-likeness (QED) is 0.338. The summed E-state index contributed by atoms with van der Waals surface area (Å²) in [4.78, 5) is 37.9. The molecule has 2 amide bonds. The van der Waals surface area contributed by atoms with Gasteiger partial charge in [0.05, 0.1) is 6.26 Å². The standard InChI is InChI=1S/C24H19N3O5S/c1-33(31,32)26-23(29)17-10-12-18(13-11-17)25-24(30)22(28)21-20(16-7-3-2-4-8-16)15-19-9-5-6-14-27(19)21/h2-15H,1H3,(H,25,30)(H,26,29). The molecule has 0 aliphatic carbocycles. The predicted octanol–water partition coefficient (Wildman–Crippen LogP) is 3.12. The normalized spacial score (nSPS) is 11.2. The molecule has 2 heterocycles. The zero-order valence-electron chi connectivity index (χ0n) is 17.5. The molecule has 0 spiro atoms. The predicted molar refractivity (Wildman–Crippen MR) is 125 cm³/mol. The Morgan fingerprint density at radius 1 is 0.848 bits per heavy atom. The fraction of sp³-hybridized carbons (Fsp3) is 0.0417. The van der Waals surface area contributed by atoms with Crippen molar-refractivity contribution in [3.05, 3.63) is 96.3 Å². The van der Waals surface area contributed by atoms with Gasteiger partial charge in [0, 0.05) is 28.5 Å². The third-order valence-corrected chi connectivity index (χ3v) is 5.42.